The highest BCUT2D eigenvalue weighted by Gasteiger charge is 2.15. The van der Waals surface area contributed by atoms with Gasteiger partial charge in [0.2, 0.25) is 0 Å². The minimum Gasteiger partial charge on any atom is -0.357 e. The van der Waals surface area contributed by atoms with E-state index in [4.69, 9.17) is 9.98 Å². The lowest BCUT2D eigenvalue weighted by Crippen LogP contribution is -2.40. The number of benzene rings is 1. The summed E-state index contributed by atoms with van der Waals surface area (Å²) in [6.07, 6.45) is 4.69. The fourth-order valence-corrected chi connectivity index (χ4v) is 4.94. The van der Waals surface area contributed by atoms with E-state index in [1.165, 1.54) is 29.2 Å². The summed E-state index contributed by atoms with van der Waals surface area (Å²) < 4.78 is 0. The van der Waals surface area contributed by atoms with Gasteiger partial charge in [0.25, 0.3) is 0 Å². The molecule has 1 aromatic carbocycles. The number of aryl methyl sites for hydroxylation is 2. The zero-order valence-electron chi connectivity index (χ0n) is 15.4. The van der Waals surface area contributed by atoms with Gasteiger partial charge in [-0.2, -0.15) is 11.8 Å². The second-order valence-corrected chi connectivity index (χ2v) is 8.78. The number of thioether (sulfide) groups is 1. The van der Waals surface area contributed by atoms with Gasteiger partial charge in [0.15, 0.2) is 5.96 Å². The molecule has 0 aliphatic carbocycles. The molecule has 0 saturated carbocycles. The summed E-state index contributed by atoms with van der Waals surface area (Å²) in [7, 11) is 0. The van der Waals surface area contributed by atoms with E-state index in [0.29, 0.717) is 6.54 Å². The van der Waals surface area contributed by atoms with Crippen LogP contribution in [0.25, 0.3) is 0 Å². The predicted molar refractivity (Wildman–Crippen MR) is 114 cm³/mol. The molecule has 140 valence electrons. The first-order valence-corrected chi connectivity index (χ1v) is 11.4. The van der Waals surface area contributed by atoms with E-state index in [1.54, 1.807) is 11.3 Å². The van der Waals surface area contributed by atoms with Gasteiger partial charge in [-0.3, -0.25) is 0 Å². The van der Waals surface area contributed by atoms with Crippen LogP contribution in [0.4, 0.5) is 0 Å². The standard InChI is InChI=1S/C20H28N4S2/c1-2-21-20(23-14-18-9-6-12-25-18)22-13-17-15-26-19(24-17)11-10-16-7-4-3-5-8-16/h3-5,7-8,15,18H,2,6,9-14H2,1H3,(H2,21,22,23). The number of aromatic nitrogens is 1. The quantitative estimate of drug-likeness (QED) is 0.532. The lowest BCUT2D eigenvalue weighted by atomic mass is 10.1. The summed E-state index contributed by atoms with van der Waals surface area (Å²) in [5.74, 6) is 2.20. The number of hydrogen-bond donors (Lipinski definition) is 2. The molecule has 3 rings (SSSR count). The van der Waals surface area contributed by atoms with Crippen LogP contribution < -0.4 is 10.6 Å². The Bertz CT molecular complexity index is 678. The molecule has 0 amide bonds. The lowest BCUT2D eigenvalue weighted by molar-refractivity contribution is 0.726. The number of hydrogen-bond acceptors (Lipinski definition) is 4. The molecule has 2 heterocycles. The third-order valence-corrected chi connectivity index (χ3v) is 6.69. The molecule has 0 spiro atoms. The van der Waals surface area contributed by atoms with Gasteiger partial charge in [0.1, 0.15) is 0 Å². The van der Waals surface area contributed by atoms with Gasteiger partial charge in [0.05, 0.1) is 17.2 Å². The fourth-order valence-electron chi connectivity index (χ4n) is 2.95. The van der Waals surface area contributed by atoms with Crippen molar-refractivity contribution in [3.05, 3.63) is 52.0 Å². The topological polar surface area (TPSA) is 49.3 Å². The van der Waals surface area contributed by atoms with Crippen molar-refractivity contribution < 1.29 is 0 Å². The van der Waals surface area contributed by atoms with Crippen LogP contribution in [0.15, 0.2) is 40.7 Å². The minimum atomic E-state index is 0.634. The third kappa shape index (κ3) is 6.32. The van der Waals surface area contributed by atoms with E-state index < -0.39 is 0 Å². The summed E-state index contributed by atoms with van der Waals surface area (Å²) in [5, 5.41) is 10.9. The first-order chi connectivity index (χ1) is 12.8. The Morgan fingerprint density at radius 2 is 2.12 bits per heavy atom. The summed E-state index contributed by atoms with van der Waals surface area (Å²) in [6.45, 7) is 4.61. The van der Waals surface area contributed by atoms with Crippen LogP contribution in [0, 0.1) is 0 Å². The molecule has 1 aliphatic heterocycles. The molecule has 1 aromatic heterocycles. The van der Waals surface area contributed by atoms with Gasteiger partial charge in [-0.1, -0.05) is 30.3 Å². The second-order valence-electron chi connectivity index (χ2n) is 6.43. The molecule has 1 unspecified atom stereocenters. The van der Waals surface area contributed by atoms with Crippen molar-refractivity contribution in [3.63, 3.8) is 0 Å². The summed E-state index contributed by atoms with van der Waals surface area (Å²) >= 11 is 3.81. The minimum absolute atomic E-state index is 0.634. The molecular weight excluding hydrogens is 360 g/mol. The highest BCUT2D eigenvalue weighted by atomic mass is 32.2. The van der Waals surface area contributed by atoms with Crippen LogP contribution in [0.5, 0.6) is 0 Å². The van der Waals surface area contributed by atoms with Crippen LogP contribution in [0.2, 0.25) is 0 Å². The summed E-state index contributed by atoms with van der Waals surface area (Å²) in [6, 6.07) is 10.6. The molecule has 2 aromatic rings. The van der Waals surface area contributed by atoms with E-state index in [1.807, 2.05) is 0 Å². The highest BCUT2D eigenvalue weighted by molar-refractivity contribution is 8.00. The normalized spacial score (nSPS) is 17.4. The number of guanidine groups is 1. The Hall–Kier alpha value is -1.53. The molecule has 2 N–H and O–H groups in total. The Labute approximate surface area is 164 Å². The number of rotatable bonds is 8. The van der Waals surface area contributed by atoms with Crippen molar-refractivity contribution in [1.29, 1.82) is 0 Å². The molecule has 26 heavy (non-hydrogen) atoms. The van der Waals surface area contributed by atoms with Crippen LogP contribution in [-0.2, 0) is 19.4 Å². The van der Waals surface area contributed by atoms with Gasteiger partial charge in [-0.05, 0) is 37.5 Å². The Morgan fingerprint density at radius 1 is 1.23 bits per heavy atom. The van der Waals surface area contributed by atoms with E-state index in [0.717, 1.165) is 42.8 Å². The molecule has 1 atom stereocenters. The largest absolute Gasteiger partial charge is 0.357 e. The van der Waals surface area contributed by atoms with Crippen LogP contribution in [0.3, 0.4) is 0 Å². The Kier molecular flexibility index (Phi) is 7.83. The molecule has 1 aliphatic rings. The first kappa shape index (κ1) is 19.2. The van der Waals surface area contributed by atoms with E-state index >= 15 is 0 Å². The van der Waals surface area contributed by atoms with Gasteiger partial charge in [-0.25, -0.2) is 9.98 Å². The Balaban J connectivity index is 1.48. The van der Waals surface area contributed by atoms with Gasteiger partial charge >= 0.3 is 0 Å². The third-order valence-electron chi connectivity index (χ3n) is 4.33. The van der Waals surface area contributed by atoms with Crippen molar-refractivity contribution in [2.75, 3.05) is 18.8 Å². The molecule has 1 fully saturated rings. The maximum atomic E-state index is 4.75. The second kappa shape index (κ2) is 10.6. The van der Waals surface area contributed by atoms with Crippen LogP contribution in [0.1, 0.15) is 36.0 Å². The van der Waals surface area contributed by atoms with Crippen LogP contribution >= 0.6 is 23.1 Å². The maximum absolute atomic E-state index is 4.75. The van der Waals surface area contributed by atoms with E-state index in [-0.39, 0.29) is 0 Å². The molecule has 6 heteroatoms. The monoisotopic (exact) mass is 388 g/mol. The summed E-state index contributed by atoms with van der Waals surface area (Å²) in [5.41, 5.74) is 2.43. The van der Waals surface area contributed by atoms with Gasteiger partial charge in [0, 0.05) is 30.1 Å². The van der Waals surface area contributed by atoms with Crippen molar-refractivity contribution >= 4 is 29.1 Å². The van der Waals surface area contributed by atoms with Crippen molar-refractivity contribution in [3.8, 4) is 0 Å². The van der Waals surface area contributed by atoms with Gasteiger partial charge < -0.3 is 10.6 Å². The Morgan fingerprint density at radius 3 is 2.88 bits per heavy atom. The molecule has 0 bridgehead atoms. The van der Waals surface area contributed by atoms with E-state index in [9.17, 15) is 0 Å². The zero-order chi connectivity index (χ0) is 18.0. The van der Waals surface area contributed by atoms with E-state index in [2.05, 4.69) is 65.0 Å². The molecule has 0 radical (unpaired) electrons. The van der Waals surface area contributed by atoms with Crippen LogP contribution in [-0.4, -0.2) is 35.0 Å². The number of nitrogens with one attached hydrogen (secondary N) is 2. The predicted octanol–water partition coefficient (Wildman–Crippen LogP) is 3.88. The SMILES string of the molecule is CCNC(=NCc1csc(CCc2ccccc2)n1)NCC1CCCS1. The number of nitrogens with zero attached hydrogens (tertiary/aromatic N) is 2. The van der Waals surface area contributed by atoms with Gasteiger partial charge in [-0.15, -0.1) is 11.3 Å². The zero-order valence-corrected chi connectivity index (χ0v) is 17.0. The average Bonchev–Trinajstić information content (AvgIpc) is 3.35. The molecule has 4 nitrogen and oxygen atoms in total. The molecule has 1 saturated heterocycles. The smallest absolute Gasteiger partial charge is 0.191 e. The summed E-state index contributed by atoms with van der Waals surface area (Å²) in [4.78, 5) is 9.45. The average molecular weight is 389 g/mol. The van der Waals surface area contributed by atoms with Crippen molar-refractivity contribution in [2.24, 2.45) is 4.99 Å². The first-order valence-electron chi connectivity index (χ1n) is 9.44. The molecular formula is C20H28N4S2. The van der Waals surface area contributed by atoms with Crippen molar-refractivity contribution in [1.82, 2.24) is 15.6 Å². The maximum Gasteiger partial charge on any atom is 0.191 e. The number of aliphatic imine (C=N–C) groups is 1. The fraction of sp³-hybridized carbons (Fsp3) is 0.500. The van der Waals surface area contributed by atoms with Crippen molar-refractivity contribution in [2.45, 2.75) is 44.4 Å². The lowest BCUT2D eigenvalue weighted by Gasteiger charge is -2.14. The highest BCUT2D eigenvalue weighted by Crippen LogP contribution is 2.25. The number of thiazole rings is 1.